The summed E-state index contributed by atoms with van der Waals surface area (Å²) in [6.45, 7) is 0.758. The van der Waals surface area contributed by atoms with E-state index in [2.05, 4.69) is 0 Å². The molecule has 1 N–H and O–H groups in total. The van der Waals surface area contributed by atoms with Gasteiger partial charge in [-0.05, 0) is 11.4 Å². The van der Waals surface area contributed by atoms with Gasteiger partial charge in [0.2, 0.25) is 0 Å². The van der Waals surface area contributed by atoms with Crippen molar-refractivity contribution >= 4 is 11.3 Å². The molecule has 0 saturated carbocycles. The Morgan fingerprint density at radius 3 is 3.00 bits per heavy atom. The lowest BCUT2D eigenvalue weighted by molar-refractivity contribution is -0.183. The van der Waals surface area contributed by atoms with E-state index in [9.17, 15) is 5.11 Å². The van der Waals surface area contributed by atoms with Gasteiger partial charge in [0, 0.05) is 1.43 Å². The molecular weight excluding hydrogens is 176 g/mol. The van der Waals surface area contributed by atoms with Gasteiger partial charge < -0.3 is 14.6 Å². The zero-order valence-corrected chi connectivity index (χ0v) is 7.56. The van der Waals surface area contributed by atoms with E-state index in [4.69, 9.17) is 9.47 Å². The third-order valence-corrected chi connectivity index (χ3v) is 3.04. The summed E-state index contributed by atoms with van der Waals surface area (Å²) < 4.78 is 10.1. The van der Waals surface area contributed by atoms with Crippen LogP contribution in [0, 0.1) is 0 Å². The van der Waals surface area contributed by atoms with E-state index in [0.29, 0.717) is 13.2 Å². The van der Waals surface area contributed by atoms with Crippen LogP contribution in [0.15, 0.2) is 11.4 Å². The highest BCUT2D eigenvalue weighted by Crippen LogP contribution is 2.39. The smallest absolute Gasteiger partial charge is 0.149 e. The van der Waals surface area contributed by atoms with Crippen LogP contribution in [0.1, 0.15) is 6.30 Å². The normalized spacial score (nSPS) is 20.2. The van der Waals surface area contributed by atoms with Crippen molar-refractivity contribution in [2.45, 2.75) is 5.60 Å². The van der Waals surface area contributed by atoms with Crippen molar-refractivity contribution in [2.75, 3.05) is 20.3 Å². The standard InChI is InChI=1S/C8H10O3S.H2/c1-10-6-2-3-12-7(6)8(9)4-11-5-8;/h2-3,9H,4-5H2,1H3;1H. The Hall–Kier alpha value is -0.580. The van der Waals surface area contributed by atoms with Crippen molar-refractivity contribution < 1.29 is 16.0 Å². The van der Waals surface area contributed by atoms with Crippen LogP contribution >= 0.6 is 11.3 Å². The molecule has 4 heteroatoms. The van der Waals surface area contributed by atoms with Crippen LogP contribution < -0.4 is 4.74 Å². The molecule has 1 aliphatic rings. The van der Waals surface area contributed by atoms with E-state index in [0.717, 1.165) is 10.6 Å². The van der Waals surface area contributed by atoms with Gasteiger partial charge in [-0.2, -0.15) is 0 Å². The molecule has 0 bridgehead atoms. The van der Waals surface area contributed by atoms with Crippen molar-refractivity contribution in [1.29, 1.82) is 0 Å². The molecule has 0 spiro atoms. The quantitative estimate of drug-likeness (QED) is 0.758. The van der Waals surface area contributed by atoms with Crippen LogP contribution in [0.2, 0.25) is 0 Å². The highest BCUT2D eigenvalue weighted by Gasteiger charge is 2.41. The maximum Gasteiger partial charge on any atom is 0.149 e. The molecule has 2 heterocycles. The summed E-state index contributed by atoms with van der Waals surface area (Å²) in [5.41, 5.74) is -0.792. The summed E-state index contributed by atoms with van der Waals surface area (Å²) in [6.07, 6.45) is 0. The van der Waals surface area contributed by atoms with Crippen LogP contribution in [-0.2, 0) is 10.3 Å². The van der Waals surface area contributed by atoms with Gasteiger partial charge in [0.05, 0.1) is 25.2 Å². The second-order valence-electron chi connectivity index (χ2n) is 2.84. The summed E-state index contributed by atoms with van der Waals surface area (Å²) >= 11 is 1.50. The van der Waals surface area contributed by atoms with E-state index in [1.807, 2.05) is 11.4 Å². The van der Waals surface area contributed by atoms with Crippen molar-refractivity contribution in [3.63, 3.8) is 0 Å². The van der Waals surface area contributed by atoms with E-state index < -0.39 is 5.60 Å². The van der Waals surface area contributed by atoms with Gasteiger partial charge in [-0.25, -0.2) is 0 Å². The van der Waals surface area contributed by atoms with Crippen molar-refractivity contribution in [1.82, 2.24) is 0 Å². The SMILES string of the molecule is COc1ccsc1C1(O)COC1.[HH]. The number of thiophene rings is 1. The molecule has 0 aliphatic carbocycles. The monoisotopic (exact) mass is 188 g/mol. The van der Waals surface area contributed by atoms with E-state index in [1.54, 1.807) is 7.11 Å². The van der Waals surface area contributed by atoms with Gasteiger partial charge in [0.1, 0.15) is 11.4 Å². The molecule has 0 atom stereocenters. The highest BCUT2D eigenvalue weighted by atomic mass is 32.1. The van der Waals surface area contributed by atoms with Crippen molar-refractivity contribution in [2.24, 2.45) is 0 Å². The van der Waals surface area contributed by atoms with Gasteiger partial charge in [0.15, 0.2) is 0 Å². The van der Waals surface area contributed by atoms with Gasteiger partial charge in [-0.1, -0.05) is 0 Å². The second kappa shape index (κ2) is 2.73. The Balaban J connectivity index is 0.000000845. The number of methoxy groups -OCH3 is 1. The zero-order valence-electron chi connectivity index (χ0n) is 6.74. The molecule has 3 nitrogen and oxygen atoms in total. The number of hydrogen-bond donors (Lipinski definition) is 1. The molecule has 2 rings (SSSR count). The maximum absolute atomic E-state index is 9.89. The fraction of sp³-hybridized carbons (Fsp3) is 0.500. The fourth-order valence-electron chi connectivity index (χ4n) is 1.22. The molecule has 1 aromatic rings. The summed E-state index contributed by atoms with van der Waals surface area (Å²) in [7, 11) is 1.61. The highest BCUT2D eigenvalue weighted by molar-refractivity contribution is 7.10. The van der Waals surface area contributed by atoms with E-state index in [1.165, 1.54) is 11.3 Å². The number of hydrogen-bond acceptors (Lipinski definition) is 4. The van der Waals surface area contributed by atoms with Crippen LogP contribution in [0.25, 0.3) is 0 Å². The number of aliphatic hydroxyl groups is 1. The predicted molar refractivity (Wildman–Crippen MR) is 47.7 cm³/mol. The summed E-state index contributed by atoms with van der Waals surface area (Å²) in [4.78, 5) is 0.872. The molecule has 1 fully saturated rings. The van der Waals surface area contributed by atoms with Gasteiger partial charge in [-0.15, -0.1) is 11.3 Å². The largest absolute Gasteiger partial charge is 0.495 e. The first-order chi connectivity index (χ1) is 5.76. The van der Waals surface area contributed by atoms with Crippen LogP contribution in [0.3, 0.4) is 0 Å². The van der Waals surface area contributed by atoms with Crippen LogP contribution in [0.5, 0.6) is 5.75 Å². The van der Waals surface area contributed by atoms with Gasteiger partial charge in [-0.3, -0.25) is 0 Å². The summed E-state index contributed by atoms with van der Waals surface area (Å²) in [5.74, 6) is 0.755. The Morgan fingerprint density at radius 2 is 2.50 bits per heavy atom. The molecule has 0 aromatic carbocycles. The molecule has 1 saturated heterocycles. The Morgan fingerprint density at radius 1 is 1.75 bits per heavy atom. The number of rotatable bonds is 2. The van der Waals surface area contributed by atoms with E-state index >= 15 is 0 Å². The second-order valence-corrected chi connectivity index (χ2v) is 3.76. The average molecular weight is 188 g/mol. The third-order valence-electron chi connectivity index (χ3n) is 1.95. The van der Waals surface area contributed by atoms with Crippen molar-refractivity contribution in [3.05, 3.63) is 16.3 Å². The lowest BCUT2D eigenvalue weighted by Crippen LogP contribution is -2.46. The molecule has 0 radical (unpaired) electrons. The number of ether oxygens (including phenoxy) is 2. The topological polar surface area (TPSA) is 38.7 Å². The molecule has 0 amide bonds. The molecule has 0 unspecified atom stereocenters. The minimum absolute atomic E-state index is 0. The predicted octanol–water partition coefficient (Wildman–Crippen LogP) is 1.22. The summed E-state index contributed by atoms with van der Waals surface area (Å²) in [6, 6.07) is 1.86. The van der Waals surface area contributed by atoms with Crippen molar-refractivity contribution in [3.8, 4) is 5.75 Å². The molecule has 68 valence electrons. The summed E-state index contributed by atoms with van der Waals surface area (Å²) in [5, 5.41) is 11.8. The minimum Gasteiger partial charge on any atom is -0.495 e. The lowest BCUT2D eigenvalue weighted by Gasteiger charge is -2.35. The fourth-order valence-corrected chi connectivity index (χ4v) is 2.16. The molecule has 1 aromatic heterocycles. The van der Waals surface area contributed by atoms with E-state index in [-0.39, 0.29) is 1.43 Å². The Labute approximate surface area is 76.0 Å². The molecule has 1 aliphatic heterocycles. The Kier molecular flexibility index (Phi) is 1.83. The first kappa shape index (κ1) is 8.04. The molecule has 12 heavy (non-hydrogen) atoms. The molecular formula is C8H12O3S. The van der Waals surface area contributed by atoms with Crippen LogP contribution in [0.4, 0.5) is 0 Å². The average Bonchev–Trinajstić information content (AvgIpc) is 2.47. The lowest BCUT2D eigenvalue weighted by atomic mass is 10.00. The third kappa shape index (κ3) is 1.03. The Bertz CT molecular complexity index is 283. The maximum atomic E-state index is 9.89. The van der Waals surface area contributed by atoms with Crippen LogP contribution in [-0.4, -0.2) is 25.4 Å². The zero-order chi connectivity index (χ0) is 8.60. The first-order valence-corrected chi connectivity index (χ1v) is 4.56. The first-order valence-electron chi connectivity index (χ1n) is 3.68. The minimum atomic E-state index is -0.792. The van der Waals surface area contributed by atoms with Gasteiger partial charge >= 0.3 is 0 Å². The van der Waals surface area contributed by atoms with Gasteiger partial charge in [0.25, 0.3) is 0 Å².